The van der Waals surface area contributed by atoms with Crippen LogP contribution in [0.15, 0.2) is 97.1 Å². The summed E-state index contributed by atoms with van der Waals surface area (Å²) >= 11 is 0. The fourth-order valence-electron chi connectivity index (χ4n) is 4.41. The highest BCUT2D eigenvalue weighted by molar-refractivity contribution is 5.76. The molecule has 0 aliphatic carbocycles. The molecule has 0 saturated heterocycles. The van der Waals surface area contributed by atoms with Gasteiger partial charge in [-0.25, -0.2) is 4.98 Å². The number of nitrogens with zero attached hydrogens (tertiary/aromatic N) is 2. The van der Waals surface area contributed by atoms with Crippen molar-refractivity contribution in [2.24, 2.45) is 0 Å². The number of fused-ring (bicyclic) bond motifs is 1. The summed E-state index contributed by atoms with van der Waals surface area (Å²) in [6.07, 6.45) is 1.73. The van der Waals surface area contributed by atoms with Gasteiger partial charge in [0, 0.05) is 13.0 Å². The zero-order valence-electron chi connectivity index (χ0n) is 19.9. The summed E-state index contributed by atoms with van der Waals surface area (Å²) in [6, 6.07) is 34.1. The molecule has 0 aliphatic heterocycles. The first-order chi connectivity index (χ1) is 16.7. The van der Waals surface area contributed by atoms with Crippen LogP contribution in [0, 0.1) is 13.8 Å². The Bertz CT molecular complexity index is 1380. The lowest BCUT2D eigenvalue weighted by Gasteiger charge is -2.12. The van der Waals surface area contributed by atoms with E-state index in [1.807, 2.05) is 0 Å². The minimum absolute atomic E-state index is 0.683. The van der Waals surface area contributed by atoms with E-state index < -0.39 is 0 Å². The third-order valence-electron chi connectivity index (χ3n) is 6.28. The van der Waals surface area contributed by atoms with Gasteiger partial charge in [0.25, 0.3) is 0 Å². The van der Waals surface area contributed by atoms with Crippen molar-refractivity contribution in [1.82, 2.24) is 9.55 Å². The monoisotopic (exact) mass is 446 g/mol. The second kappa shape index (κ2) is 9.96. The van der Waals surface area contributed by atoms with Gasteiger partial charge in [0.05, 0.1) is 17.6 Å². The summed E-state index contributed by atoms with van der Waals surface area (Å²) in [5.74, 6) is 2.08. The van der Waals surface area contributed by atoms with Crippen molar-refractivity contribution in [3.63, 3.8) is 0 Å². The number of para-hydroxylation sites is 2. The number of ether oxygens (including phenoxy) is 1. The molecule has 0 spiro atoms. The number of benzene rings is 4. The number of hydrogen-bond donors (Lipinski definition) is 0. The maximum atomic E-state index is 6.11. The van der Waals surface area contributed by atoms with Crippen molar-refractivity contribution >= 4 is 11.0 Å². The largest absolute Gasteiger partial charge is 0.493 e. The van der Waals surface area contributed by atoms with E-state index in [1.54, 1.807) is 0 Å². The molecule has 0 aliphatic rings. The van der Waals surface area contributed by atoms with E-state index in [0.717, 1.165) is 36.5 Å². The van der Waals surface area contributed by atoms with E-state index in [4.69, 9.17) is 9.72 Å². The Labute approximate surface area is 201 Å². The molecule has 0 radical (unpaired) electrons. The normalized spacial score (nSPS) is 11.1. The third-order valence-corrected chi connectivity index (χ3v) is 6.28. The number of aromatic nitrogens is 2. The number of rotatable bonds is 8. The van der Waals surface area contributed by atoms with Crippen molar-refractivity contribution < 1.29 is 4.74 Å². The Kier molecular flexibility index (Phi) is 6.44. The second-order valence-corrected chi connectivity index (χ2v) is 8.88. The zero-order chi connectivity index (χ0) is 23.3. The minimum atomic E-state index is 0.683. The highest BCUT2D eigenvalue weighted by atomic mass is 16.5. The first kappa shape index (κ1) is 22.0. The van der Waals surface area contributed by atoms with Gasteiger partial charge in [-0.15, -0.1) is 0 Å². The first-order valence-corrected chi connectivity index (χ1v) is 12.0. The van der Waals surface area contributed by atoms with Gasteiger partial charge < -0.3 is 9.30 Å². The molecule has 0 bridgehead atoms. The zero-order valence-corrected chi connectivity index (χ0v) is 19.9. The lowest BCUT2D eigenvalue weighted by atomic mass is 10.0. The predicted octanol–water partition coefficient (Wildman–Crippen LogP) is 7.38. The molecule has 0 N–H and O–H groups in total. The Morgan fingerprint density at radius 3 is 2.32 bits per heavy atom. The van der Waals surface area contributed by atoms with Crippen molar-refractivity contribution in [2.75, 3.05) is 6.61 Å². The molecule has 0 saturated carbocycles. The Balaban J connectivity index is 1.31. The molecule has 0 amide bonds. The summed E-state index contributed by atoms with van der Waals surface area (Å²) in [4.78, 5) is 4.97. The van der Waals surface area contributed by atoms with Crippen LogP contribution in [0.4, 0.5) is 0 Å². The van der Waals surface area contributed by atoms with Crippen LogP contribution in [-0.4, -0.2) is 16.2 Å². The Hall–Kier alpha value is -3.85. The summed E-state index contributed by atoms with van der Waals surface area (Å²) in [6.45, 7) is 5.76. The quantitative estimate of drug-likeness (QED) is 0.233. The van der Waals surface area contributed by atoms with Crippen molar-refractivity contribution in [3.8, 4) is 16.9 Å². The molecule has 1 aromatic heterocycles. The maximum absolute atomic E-state index is 6.11. The summed E-state index contributed by atoms with van der Waals surface area (Å²) in [5.41, 5.74) is 8.38. The van der Waals surface area contributed by atoms with E-state index in [0.29, 0.717) is 6.61 Å². The van der Waals surface area contributed by atoms with Crippen molar-refractivity contribution in [3.05, 3.63) is 120 Å². The van der Waals surface area contributed by atoms with Gasteiger partial charge in [0.15, 0.2) is 0 Å². The van der Waals surface area contributed by atoms with Crippen LogP contribution in [0.2, 0.25) is 0 Å². The lowest BCUT2D eigenvalue weighted by molar-refractivity contribution is 0.300. The van der Waals surface area contributed by atoms with Crippen LogP contribution in [-0.2, 0) is 13.0 Å². The van der Waals surface area contributed by atoms with Crippen LogP contribution in [0.1, 0.15) is 28.9 Å². The predicted molar refractivity (Wildman–Crippen MR) is 140 cm³/mol. The standard InChI is InChI=1S/C31H30N2O/c1-23-13-14-24(2)30(21-23)34-20-8-19-33-29-12-7-6-11-28(29)32-31(33)22-25-15-17-27(18-16-25)26-9-4-3-5-10-26/h3-7,9-18,21H,8,19-20,22H2,1-2H3. The highest BCUT2D eigenvalue weighted by Crippen LogP contribution is 2.23. The van der Waals surface area contributed by atoms with E-state index >= 15 is 0 Å². The topological polar surface area (TPSA) is 27.1 Å². The van der Waals surface area contributed by atoms with Crippen LogP contribution in [0.25, 0.3) is 22.2 Å². The van der Waals surface area contributed by atoms with Crippen LogP contribution < -0.4 is 4.74 Å². The average molecular weight is 447 g/mol. The molecule has 5 aromatic rings. The fourth-order valence-corrected chi connectivity index (χ4v) is 4.41. The molecular weight excluding hydrogens is 416 g/mol. The van der Waals surface area contributed by atoms with E-state index in [9.17, 15) is 0 Å². The molecule has 3 heteroatoms. The third kappa shape index (κ3) is 4.89. The molecule has 170 valence electrons. The lowest BCUT2D eigenvalue weighted by Crippen LogP contribution is -2.09. The van der Waals surface area contributed by atoms with Crippen molar-refractivity contribution in [2.45, 2.75) is 33.2 Å². The second-order valence-electron chi connectivity index (χ2n) is 8.88. The summed E-state index contributed by atoms with van der Waals surface area (Å²) < 4.78 is 8.46. The number of aryl methyl sites for hydroxylation is 3. The first-order valence-electron chi connectivity index (χ1n) is 12.0. The van der Waals surface area contributed by atoms with E-state index in [1.165, 1.54) is 33.3 Å². The van der Waals surface area contributed by atoms with Crippen LogP contribution >= 0.6 is 0 Å². The average Bonchev–Trinajstić information content (AvgIpc) is 3.21. The molecule has 34 heavy (non-hydrogen) atoms. The Morgan fingerprint density at radius 1 is 0.765 bits per heavy atom. The van der Waals surface area contributed by atoms with Crippen LogP contribution in [0.3, 0.4) is 0 Å². The molecule has 0 atom stereocenters. The van der Waals surface area contributed by atoms with Crippen molar-refractivity contribution in [1.29, 1.82) is 0 Å². The SMILES string of the molecule is Cc1ccc(C)c(OCCCn2c(Cc3ccc(-c4ccccc4)cc3)nc3ccccc32)c1. The summed E-state index contributed by atoms with van der Waals surface area (Å²) in [7, 11) is 0. The van der Waals surface area contributed by atoms with Gasteiger partial charge in [0.1, 0.15) is 11.6 Å². The molecule has 1 heterocycles. The van der Waals surface area contributed by atoms with Gasteiger partial charge in [0.2, 0.25) is 0 Å². The Morgan fingerprint density at radius 2 is 1.50 bits per heavy atom. The maximum Gasteiger partial charge on any atom is 0.122 e. The molecule has 3 nitrogen and oxygen atoms in total. The van der Waals surface area contributed by atoms with Gasteiger partial charge in [-0.05, 0) is 66.3 Å². The van der Waals surface area contributed by atoms with Gasteiger partial charge in [-0.2, -0.15) is 0 Å². The van der Waals surface area contributed by atoms with Gasteiger partial charge in [-0.1, -0.05) is 78.9 Å². The van der Waals surface area contributed by atoms with Gasteiger partial charge >= 0.3 is 0 Å². The molecule has 0 unspecified atom stereocenters. The van der Waals surface area contributed by atoms with Crippen LogP contribution in [0.5, 0.6) is 5.75 Å². The fraction of sp³-hybridized carbons (Fsp3) is 0.194. The number of imidazole rings is 1. The smallest absolute Gasteiger partial charge is 0.122 e. The molecular formula is C31H30N2O. The number of hydrogen-bond acceptors (Lipinski definition) is 2. The van der Waals surface area contributed by atoms with E-state index in [-0.39, 0.29) is 0 Å². The highest BCUT2D eigenvalue weighted by Gasteiger charge is 2.11. The van der Waals surface area contributed by atoms with Gasteiger partial charge in [-0.3, -0.25) is 0 Å². The summed E-state index contributed by atoms with van der Waals surface area (Å²) in [5, 5.41) is 0. The minimum Gasteiger partial charge on any atom is -0.493 e. The molecule has 0 fully saturated rings. The molecule has 4 aromatic carbocycles. The molecule has 5 rings (SSSR count). The van der Waals surface area contributed by atoms with E-state index in [2.05, 4.69) is 115 Å².